The van der Waals surface area contributed by atoms with Crippen LogP contribution in [0, 0.1) is 0 Å². The number of imidazole rings is 1. The van der Waals surface area contributed by atoms with Gasteiger partial charge in [0.2, 0.25) is 0 Å². The van der Waals surface area contributed by atoms with Crippen LogP contribution in [-0.2, 0) is 19.9 Å². The van der Waals surface area contributed by atoms with E-state index in [-0.39, 0.29) is 0 Å². The van der Waals surface area contributed by atoms with Crippen molar-refractivity contribution in [2.75, 3.05) is 5.88 Å². The van der Waals surface area contributed by atoms with Gasteiger partial charge in [0.05, 0.1) is 5.69 Å². The van der Waals surface area contributed by atoms with E-state index in [1.54, 1.807) is 0 Å². The van der Waals surface area contributed by atoms with Gasteiger partial charge in [0.25, 0.3) is 0 Å². The summed E-state index contributed by atoms with van der Waals surface area (Å²) in [7, 11) is 1.98. The van der Waals surface area contributed by atoms with Crippen molar-refractivity contribution in [3.63, 3.8) is 0 Å². The summed E-state index contributed by atoms with van der Waals surface area (Å²) in [5.74, 6) is 1.56. The van der Waals surface area contributed by atoms with Crippen molar-refractivity contribution < 1.29 is 0 Å². The highest BCUT2D eigenvalue weighted by atomic mass is 35.5. The van der Waals surface area contributed by atoms with Crippen LogP contribution in [0.2, 0.25) is 0 Å². The minimum Gasteiger partial charge on any atom is -0.281 e. The molecule has 21 heavy (non-hydrogen) atoms. The number of hydrogen-bond acceptors (Lipinski definition) is 2. The SMILES string of the molecule is CCCc1nn(C)c2c1nc(CCCl)n2-c1ccccc1. The molecule has 0 unspecified atom stereocenters. The van der Waals surface area contributed by atoms with Crippen LogP contribution in [0.25, 0.3) is 16.9 Å². The first-order chi connectivity index (χ1) is 10.3. The zero-order chi connectivity index (χ0) is 14.8. The van der Waals surface area contributed by atoms with E-state index in [1.807, 2.05) is 29.9 Å². The first-order valence-electron chi connectivity index (χ1n) is 7.30. The van der Waals surface area contributed by atoms with Gasteiger partial charge < -0.3 is 0 Å². The fourth-order valence-electron chi connectivity index (χ4n) is 2.73. The Bertz CT molecular complexity index is 743. The number of rotatable bonds is 5. The maximum absolute atomic E-state index is 5.96. The fourth-order valence-corrected chi connectivity index (χ4v) is 2.90. The van der Waals surface area contributed by atoms with Crippen molar-refractivity contribution >= 4 is 22.8 Å². The van der Waals surface area contributed by atoms with Crippen molar-refractivity contribution in [2.24, 2.45) is 7.05 Å². The largest absolute Gasteiger partial charge is 0.281 e. The van der Waals surface area contributed by atoms with E-state index < -0.39 is 0 Å². The molecule has 0 bridgehead atoms. The zero-order valence-electron chi connectivity index (χ0n) is 12.4. The smallest absolute Gasteiger partial charge is 0.163 e. The Morgan fingerprint density at radius 2 is 1.90 bits per heavy atom. The highest BCUT2D eigenvalue weighted by Crippen LogP contribution is 2.25. The van der Waals surface area contributed by atoms with Gasteiger partial charge in [-0.3, -0.25) is 4.57 Å². The highest BCUT2D eigenvalue weighted by molar-refractivity contribution is 6.17. The third-order valence-corrected chi connectivity index (χ3v) is 3.78. The summed E-state index contributed by atoms with van der Waals surface area (Å²) in [4.78, 5) is 4.81. The van der Waals surface area contributed by atoms with Gasteiger partial charge in [0.15, 0.2) is 5.65 Å². The van der Waals surface area contributed by atoms with Gasteiger partial charge in [-0.15, -0.1) is 11.6 Å². The summed E-state index contributed by atoms with van der Waals surface area (Å²) >= 11 is 5.96. The van der Waals surface area contributed by atoms with Crippen LogP contribution in [0.1, 0.15) is 24.9 Å². The number of fused-ring (bicyclic) bond motifs is 1. The first kappa shape index (κ1) is 14.1. The number of aryl methyl sites for hydroxylation is 3. The fraction of sp³-hybridized carbons (Fsp3) is 0.375. The molecule has 0 N–H and O–H groups in total. The Morgan fingerprint density at radius 3 is 2.57 bits per heavy atom. The average molecular weight is 303 g/mol. The second kappa shape index (κ2) is 5.90. The summed E-state index contributed by atoms with van der Waals surface area (Å²) in [6.07, 6.45) is 2.76. The monoisotopic (exact) mass is 302 g/mol. The van der Waals surface area contributed by atoms with Gasteiger partial charge in [0.1, 0.15) is 11.3 Å². The molecule has 4 nitrogen and oxygen atoms in total. The van der Waals surface area contributed by atoms with Crippen LogP contribution in [0.3, 0.4) is 0 Å². The molecule has 0 amide bonds. The van der Waals surface area contributed by atoms with Gasteiger partial charge in [-0.25, -0.2) is 9.67 Å². The molecule has 0 spiro atoms. The van der Waals surface area contributed by atoms with Crippen LogP contribution in [0.15, 0.2) is 30.3 Å². The standard InChI is InChI=1S/C16H19ClN4/c1-3-7-13-15-16(20(2)19-13)21(14(18-15)10-11-17)12-8-5-4-6-9-12/h4-6,8-9H,3,7,10-11H2,1-2H3. The minimum absolute atomic E-state index is 0.562. The molecule has 0 atom stereocenters. The van der Waals surface area contributed by atoms with E-state index in [9.17, 15) is 0 Å². The zero-order valence-corrected chi connectivity index (χ0v) is 13.1. The van der Waals surface area contributed by atoms with Crippen molar-refractivity contribution in [1.82, 2.24) is 19.3 Å². The molecule has 5 heteroatoms. The minimum atomic E-state index is 0.562. The van der Waals surface area contributed by atoms with Gasteiger partial charge in [0, 0.05) is 25.0 Å². The van der Waals surface area contributed by atoms with Gasteiger partial charge in [-0.1, -0.05) is 31.5 Å². The maximum atomic E-state index is 5.96. The van der Waals surface area contributed by atoms with E-state index >= 15 is 0 Å². The molecule has 0 radical (unpaired) electrons. The van der Waals surface area contributed by atoms with Gasteiger partial charge >= 0.3 is 0 Å². The van der Waals surface area contributed by atoms with Crippen LogP contribution < -0.4 is 0 Å². The van der Waals surface area contributed by atoms with Crippen molar-refractivity contribution in [3.8, 4) is 5.69 Å². The molecule has 3 aromatic rings. The summed E-state index contributed by atoms with van der Waals surface area (Å²) in [6, 6.07) is 10.3. The predicted octanol–water partition coefficient (Wildman–Crippen LogP) is 3.49. The predicted molar refractivity (Wildman–Crippen MR) is 86.3 cm³/mol. The number of hydrogen-bond donors (Lipinski definition) is 0. The number of para-hydroxylation sites is 1. The molecule has 0 saturated heterocycles. The van der Waals surface area contributed by atoms with Gasteiger partial charge in [-0.05, 0) is 18.6 Å². The van der Waals surface area contributed by atoms with E-state index in [2.05, 4.69) is 28.7 Å². The van der Waals surface area contributed by atoms with Crippen LogP contribution in [0.4, 0.5) is 0 Å². The molecule has 0 saturated carbocycles. The van der Waals surface area contributed by atoms with Crippen molar-refractivity contribution in [1.29, 1.82) is 0 Å². The molecule has 2 aromatic heterocycles. The quantitative estimate of drug-likeness (QED) is 0.676. The Kier molecular flexibility index (Phi) is 3.97. The number of halogens is 1. The third kappa shape index (κ3) is 2.44. The Labute approximate surface area is 129 Å². The average Bonchev–Trinajstić information content (AvgIpc) is 3.00. The van der Waals surface area contributed by atoms with E-state index in [0.717, 1.165) is 47.6 Å². The number of benzene rings is 1. The molecule has 3 rings (SSSR count). The number of aromatic nitrogens is 4. The topological polar surface area (TPSA) is 35.6 Å². The van der Waals surface area contributed by atoms with Gasteiger partial charge in [-0.2, -0.15) is 5.10 Å². The highest BCUT2D eigenvalue weighted by Gasteiger charge is 2.19. The first-order valence-corrected chi connectivity index (χ1v) is 7.84. The Morgan fingerprint density at radius 1 is 1.14 bits per heavy atom. The lowest BCUT2D eigenvalue weighted by Gasteiger charge is -2.08. The third-order valence-electron chi connectivity index (χ3n) is 3.59. The van der Waals surface area contributed by atoms with E-state index in [0.29, 0.717) is 5.88 Å². The van der Waals surface area contributed by atoms with Crippen molar-refractivity contribution in [2.45, 2.75) is 26.2 Å². The molecule has 1 aromatic carbocycles. The number of nitrogens with zero attached hydrogens (tertiary/aromatic N) is 4. The molecule has 0 aliphatic rings. The van der Waals surface area contributed by atoms with E-state index in [4.69, 9.17) is 16.6 Å². The summed E-state index contributed by atoms with van der Waals surface area (Å²) in [5.41, 5.74) is 4.22. The van der Waals surface area contributed by atoms with Crippen molar-refractivity contribution in [3.05, 3.63) is 41.9 Å². The Balaban J connectivity index is 2.27. The van der Waals surface area contributed by atoms with Crippen LogP contribution >= 0.6 is 11.6 Å². The normalized spacial score (nSPS) is 11.4. The molecule has 0 fully saturated rings. The summed E-state index contributed by atoms with van der Waals surface area (Å²) < 4.78 is 4.10. The Hall–Kier alpha value is -1.81. The maximum Gasteiger partial charge on any atom is 0.163 e. The molecular weight excluding hydrogens is 284 g/mol. The van der Waals surface area contributed by atoms with Crippen LogP contribution in [-0.4, -0.2) is 25.2 Å². The summed E-state index contributed by atoms with van der Waals surface area (Å²) in [6.45, 7) is 2.16. The molecule has 2 heterocycles. The van der Waals surface area contributed by atoms with Crippen LogP contribution in [0.5, 0.6) is 0 Å². The van der Waals surface area contributed by atoms with E-state index in [1.165, 1.54) is 0 Å². The summed E-state index contributed by atoms with van der Waals surface area (Å²) in [5, 5.41) is 4.63. The lowest BCUT2D eigenvalue weighted by molar-refractivity contribution is 0.729. The molecule has 0 aliphatic carbocycles. The number of alkyl halides is 1. The second-order valence-corrected chi connectivity index (χ2v) is 5.51. The molecule has 110 valence electrons. The lowest BCUT2D eigenvalue weighted by Crippen LogP contribution is -2.06. The lowest BCUT2D eigenvalue weighted by atomic mass is 10.2. The second-order valence-electron chi connectivity index (χ2n) is 5.13. The molecule has 0 aliphatic heterocycles. The molecular formula is C16H19ClN4.